The normalized spacial score (nSPS) is 17.2. The summed E-state index contributed by atoms with van der Waals surface area (Å²) in [6, 6.07) is 23.5. The zero-order valence-electron chi connectivity index (χ0n) is 31.7. The molecule has 1 heterocycles. The number of anilines is 1. The Bertz CT molecular complexity index is 1680. The fourth-order valence-electron chi connectivity index (χ4n) is 6.09. The molecule has 0 bridgehead atoms. The average Bonchev–Trinajstić information content (AvgIpc) is 3.88. The Hall–Kier alpha value is -4.61. The van der Waals surface area contributed by atoms with Crippen molar-refractivity contribution in [3.63, 3.8) is 0 Å². The van der Waals surface area contributed by atoms with E-state index in [9.17, 15) is 19.2 Å². The second-order valence-corrected chi connectivity index (χ2v) is 15.5. The molecule has 0 spiro atoms. The van der Waals surface area contributed by atoms with Gasteiger partial charge in [0.15, 0.2) is 10.9 Å². The third kappa shape index (κ3) is 13.4. The van der Waals surface area contributed by atoms with E-state index < -0.39 is 41.6 Å². The molecule has 0 aliphatic carbocycles. The molecule has 1 fully saturated rings. The molecule has 10 nitrogen and oxygen atoms in total. The fourth-order valence-corrected chi connectivity index (χ4v) is 6.35. The van der Waals surface area contributed by atoms with Gasteiger partial charge in [-0.3, -0.25) is 19.2 Å². The van der Waals surface area contributed by atoms with Crippen molar-refractivity contribution in [1.29, 1.82) is 0 Å². The van der Waals surface area contributed by atoms with Crippen molar-refractivity contribution in [2.75, 3.05) is 11.9 Å². The standard InChI is InChI=1S/C42H55N5O5S/c1-27(2)23-34(37(48)42(6)26-52-42)44-40(51)36(25-31-15-11-8-12-16-31)46-39(50)35(24-28(3)4)45-38(49)33(22-19-30-13-9-7-10-14-30)47-41(53)43-32-20-17-29(5)18-21-32/h7-18,20-21,27-28,33-36H,19,22-26H2,1-6H3,(H,44,51)(H,45,49)(H,46,50)(H2,43,47,53)/t33-,34-,35-,36-,42+/m0/s1. The van der Waals surface area contributed by atoms with Crippen LogP contribution < -0.4 is 26.6 Å². The van der Waals surface area contributed by atoms with Crippen LogP contribution in [0.15, 0.2) is 84.9 Å². The molecule has 0 unspecified atom stereocenters. The Balaban J connectivity index is 1.53. The number of amides is 3. The fraction of sp³-hybridized carbons (Fsp3) is 0.452. The number of hydrogen-bond acceptors (Lipinski definition) is 6. The van der Waals surface area contributed by atoms with Gasteiger partial charge in [-0.15, -0.1) is 0 Å². The maximum absolute atomic E-state index is 14.1. The van der Waals surface area contributed by atoms with Gasteiger partial charge >= 0.3 is 0 Å². The van der Waals surface area contributed by atoms with Gasteiger partial charge in [-0.2, -0.15) is 0 Å². The summed E-state index contributed by atoms with van der Waals surface area (Å²) in [5, 5.41) is 15.5. The van der Waals surface area contributed by atoms with Gasteiger partial charge in [0.1, 0.15) is 23.7 Å². The average molecular weight is 742 g/mol. The molecule has 4 rings (SSSR count). The van der Waals surface area contributed by atoms with E-state index >= 15 is 0 Å². The van der Waals surface area contributed by atoms with E-state index in [0.717, 1.165) is 22.4 Å². The van der Waals surface area contributed by atoms with Crippen molar-refractivity contribution in [2.45, 2.75) is 103 Å². The first kappa shape index (κ1) is 41.2. The number of rotatable bonds is 19. The molecule has 0 saturated carbocycles. The number of carbonyl (C=O) groups is 4. The molecule has 3 aromatic carbocycles. The molecule has 3 amide bonds. The monoisotopic (exact) mass is 741 g/mol. The summed E-state index contributed by atoms with van der Waals surface area (Å²) < 4.78 is 5.42. The number of hydrogen-bond donors (Lipinski definition) is 5. The van der Waals surface area contributed by atoms with Crippen LogP contribution in [0.3, 0.4) is 0 Å². The second kappa shape index (κ2) is 19.5. The quantitative estimate of drug-likeness (QED) is 0.0810. The number of ketones is 1. The van der Waals surface area contributed by atoms with Crippen LogP contribution in [0.4, 0.5) is 5.69 Å². The van der Waals surface area contributed by atoms with Crippen LogP contribution in [0.25, 0.3) is 0 Å². The number of Topliss-reactive ketones (excluding diaryl/α,β-unsaturated/α-hetero) is 1. The van der Waals surface area contributed by atoms with Crippen molar-refractivity contribution in [3.8, 4) is 0 Å². The van der Waals surface area contributed by atoms with E-state index in [1.54, 1.807) is 6.92 Å². The number of ether oxygens (including phenoxy) is 1. The molecule has 5 atom stereocenters. The summed E-state index contributed by atoms with van der Waals surface area (Å²) in [7, 11) is 0. The summed E-state index contributed by atoms with van der Waals surface area (Å²) in [5.74, 6) is -1.37. The van der Waals surface area contributed by atoms with E-state index in [1.807, 2.05) is 120 Å². The van der Waals surface area contributed by atoms with Crippen molar-refractivity contribution >= 4 is 46.5 Å². The first-order valence-electron chi connectivity index (χ1n) is 18.5. The van der Waals surface area contributed by atoms with E-state index in [0.29, 0.717) is 32.3 Å². The summed E-state index contributed by atoms with van der Waals surface area (Å²) in [6.07, 6.45) is 1.96. The third-order valence-electron chi connectivity index (χ3n) is 9.19. The van der Waals surface area contributed by atoms with Crippen LogP contribution in [-0.2, 0) is 36.8 Å². The SMILES string of the molecule is Cc1ccc(NC(=S)N[C@@H](CCc2ccccc2)C(=O)N[C@@H](CC(C)C)C(=O)N[C@@H](Cc2ccccc2)C(=O)N[C@@H](CC(C)C)C(=O)[C@@]2(C)CO2)cc1. The molecule has 1 saturated heterocycles. The van der Waals surface area contributed by atoms with Gasteiger partial charge in [-0.1, -0.05) is 106 Å². The predicted octanol–water partition coefficient (Wildman–Crippen LogP) is 5.43. The molecule has 53 heavy (non-hydrogen) atoms. The Morgan fingerprint density at radius 3 is 1.74 bits per heavy atom. The van der Waals surface area contributed by atoms with Gasteiger partial charge in [-0.25, -0.2) is 0 Å². The van der Waals surface area contributed by atoms with Crippen LogP contribution in [0.5, 0.6) is 0 Å². The highest BCUT2D eigenvalue weighted by atomic mass is 32.1. The lowest BCUT2D eigenvalue weighted by Gasteiger charge is -2.28. The smallest absolute Gasteiger partial charge is 0.243 e. The molecule has 5 N–H and O–H groups in total. The van der Waals surface area contributed by atoms with Crippen molar-refractivity contribution in [3.05, 3.63) is 102 Å². The topological polar surface area (TPSA) is 141 Å². The summed E-state index contributed by atoms with van der Waals surface area (Å²) in [6.45, 7) is 11.9. The second-order valence-electron chi connectivity index (χ2n) is 15.1. The molecule has 1 aliphatic heterocycles. The maximum Gasteiger partial charge on any atom is 0.243 e. The first-order chi connectivity index (χ1) is 25.2. The highest BCUT2D eigenvalue weighted by Gasteiger charge is 2.50. The Labute approximate surface area is 319 Å². The Kier molecular flexibility index (Phi) is 15.1. The van der Waals surface area contributed by atoms with E-state index in [4.69, 9.17) is 17.0 Å². The lowest BCUT2D eigenvalue weighted by molar-refractivity contribution is -0.134. The van der Waals surface area contributed by atoms with Crippen LogP contribution in [0.2, 0.25) is 0 Å². The van der Waals surface area contributed by atoms with E-state index in [-0.39, 0.29) is 35.1 Å². The third-order valence-corrected chi connectivity index (χ3v) is 9.41. The molecular weight excluding hydrogens is 687 g/mol. The molecule has 0 aromatic heterocycles. The van der Waals surface area contributed by atoms with Gasteiger partial charge in [-0.05, 0) is 86.8 Å². The highest BCUT2D eigenvalue weighted by molar-refractivity contribution is 7.80. The van der Waals surface area contributed by atoms with Crippen LogP contribution in [-0.4, -0.2) is 65.0 Å². The van der Waals surface area contributed by atoms with Crippen molar-refractivity contribution in [2.24, 2.45) is 11.8 Å². The van der Waals surface area contributed by atoms with Crippen LogP contribution in [0, 0.1) is 18.8 Å². The zero-order valence-corrected chi connectivity index (χ0v) is 32.6. The molecule has 11 heteroatoms. The number of carbonyl (C=O) groups excluding carboxylic acids is 4. The van der Waals surface area contributed by atoms with Crippen LogP contribution in [0.1, 0.15) is 70.6 Å². The summed E-state index contributed by atoms with van der Waals surface area (Å²) in [4.78, 5) is 55.5. The molecule has 0 radical (unpaired) electrons. The lowest BCUT2D eigenvalue weighted by atomic mass is 9.93. The number of aryl methyl sites for hydroxylation is 2. The van der Waals surface area contributed by atoms with Crippen molar-refractivity contribution < 1.29 is 23.9 Å². The first-order valence-corrected chi connectivity index (χ1v) is 18.9. The largest absolute Gasteiger partial charge is 0.361 e. The van der Waals surface area contributed by atoms with Gasteiger partial charge < -0.3 is 31.3 Å². The maximum atomic E-state index is 14.1. The Morgan fingerprint density at radius 2 is 1.17 bits per heavy atom. The van der Waals surface area contributed by atoms with E-state index in [1.165, 1.54) is 0 Å². The minimum absolute atomic E-state index is 0.0415. The van der Waals surface area contributed by atoms with Gasteiger partial charge in [0, 0.05) is 12.1 Å². The zero-order chi connectivity index (χ0) is 38.5. The highest BCUT2D eigenvalue weighted by Crippen LogP contribution is 2.29. The number of benzene rings is 3. The molecule has 284 valence electrons. The van der Waals surface area contributed by atoms with Crippen molar-refractivity contribution in [1.82, 2.24) is 21.3 Å². The minimum atomic E-state index is -1.01. The van der Waals surface area contributed by atoms with Gasteiger partial charge in [0.25, 0.3) is 0 Å². The predicted molar refractivity (Wildman–Crippen MR) is 213 cm³/mol. The molecular formula is C42H55N5O5S. The van der Waals surface area contributed by atoms with E-state index in [2.05, 4.69) is 26.6 Å². The number of thiocarbonyl (C=S) groups is 1. The minimum Gasteiger partial charge on any atom is -0.361 e. The van der Waals surface area contributed by atoms with Gasteiger partial charge in [0.2, 0.25) is 17.7 Å². The summed E-state index contributed by atoms with van der Waals surface area (Å²) >= 11 is 5.63. The van der Waals surface area contributed by atoms with Gasteiger partial charge in [0.05, 0.1) is 12.6 Å². The summed E-state index contributed by atoms with van der Waals surface area (Å²) in [5.41, 5.74) is 2.87. The number of epoxide rings is 1. The Morgan fingerprint density at radius 1 is 0.679 bits per heavy atom. The molecule has 3 aromatic rings. The molecule has 1 aliphatic rings. The van der Waals surface area contributed by atoms with Crippen LogP contribution >= 0.6 is 12.2 Å². The lowest BCUT2D eigenvalue weighted by Crippen LogP contribution is -2.59. The number of nitrogens with one attached hydrogen (secondary N) is 5.